The van der Waals surface area contributed by atoms with Crippen molar-refractivity contribution in [2.75, 3.05) is 5.32 Å². The summed E-state index contributed by atoms with van der Waals surface area (Å²) in [5.74, 6) is -0.846. The van der Waals surface area contributed by atoms with Crippen LogP contribution in [-0.2, 0) is 0 Å². The average Bonchev–Trinajstić information content (AvgIpc) is 2.84. The zero-order chi connectivity index (χ0) is 17.3. The number of carbonyl (C=O) groups is 1. The lowest BCUT2D eigenvalue weighted by Crippen LogP contribution is -2.04. The van der Waals surface area contributed by atoms with Gasteiger partial charge in [-0.25, -0.2) is 9.48 Å². The van der Waals surface area contributed by atoms with E-state index in [0.29, 0.717) is 5.69 Å². The summed E-state index contributed by atoms with van der Waals surface area (Å²) in [4.78, 5) is 15.3. The van der Waals surface area contributed by atoms with Crippen LogP contribution in [0.25, 0.3) is 5.69 Å². The molecule has 0 atom stereocenters. The van der Waals surface area contributed by atoms with E-state index < -0.39 is 5.97 Å². The minimum atomic E-state index is -1.03. The van der Waals surface area contributed by atoms with E-state index in [1.54, 1.807) is 28.9 Å². The summed E-state index contributed by atoms with van der Waals surface area (Å²) in [6.45, 7) is 3.72. The Labute approximate surface area is 138 Å². The zero-order valence-electron chi connectivity index (χ0n) is 13.2. The summed E-state index contributed by atoms with van der Waals surface area (Å²) in [6.07, 6.45) is 2.91. The molecular weight excluding hydrogens is 308 g/mol. The van der Waals surface area contributed by atoms with Crippen molar-refractivity contribution >= 4 is 17.3 Å². The highest BCUT2D eigenvalue weighted by molar-refractivity contribution is 5.95. The summed E-state index contributed by atoms with van der Waals surface area (Å²) in [6, 6.07) is 8.13. The van der Waals surface area contributed by atoms with Gasteiger partial charge < -0.3 is 15.5 Å². The number of hydrogen-bond donors (Lipinski definition) is 3. The summed E-state index contributed by atoms with van der Waals surface area (Å²) in [7, 11) is 0. The first-order chi connectivity index (χ1) is 11.5. The first-order valence-corrected chi connectivity index (χ1v) is 7.27. The van der Waals surface area contributed by atoms with Crippen molar-refractivity contribution in [1.29, 1.82) is 0 Å². The minimum Gasteiger partial charge on any atom is -0.508 e. The number of aromatic hydroxyl groups is 1. The van der Waals surface area contributed by atoms with Gasteiger partial charge in [0.05, 0.1) is 40.2 Å². The van der Waals surface area contributed by atoms with Crippen molar-refractivity contribution in [1.82, 2.24) is 14.8 Å². The molecule has 1 aromatic carbocycles. The first-order valence-electron chi connectivity index (χ1n) is 7.27. The van der Waals surface area contributed by atoms with Gasteiger partial charge in [-0.05, 0) is 44.2 Å². The summed E-state index contributed by atoms with van der Waals surface area (Å²) in [5.41, 5.74) is 3.60. The number of anilines is 2. The molecule has 122 valence electrons. The lowest BCUT2D eigenvalue weighted by atomic mass is 10.2. The van der Waals surface area contributed by atoms with Crippen LogP contribution in [0.5, 0.6) is 5.75 Å². The number of benzene rings is 1. The van der Waals surface area contributed by atoms with Gasteiger partial charge in [-0.1, -0.05) is 0 Å². The van der Waals surface area contributed by atoms with Gasteiger partial charge in [-0.2, -0.15) is 5.10 Å². The van der Waals surface area contributed by atoms with Crippen LogP contribution in [0.1, 0.15) is 21.7 Å². The molecule has 0 saturated carbocycles. The lowest BCUT2D eigenvalue weighted by Gasteiger charge is -2.10. The Hall–Kier alpha value is -3.35. The number of aryl methyl sites for hydroxylation is 1. The van der Waals surface area contributed by atoms with Crippen molar-refractivity contribution in [2.24, 2.45) is 0 Å². The number of aromatic carboxylic acids is 1. The molecule has 0 unspecified atom stereocenters. The summed E-state index contributed by atoms with van der Waals surface area (Å²) < 4.78 is 1.73. The van der Waals surface area contributed by atoms with Crippen molar-refractivity contribution < 1.29 is 15.0 Å². The highest BCUT2D eigenvalue weighted by Gasteiger charge is 2.16. The average molecular weight is 324 g/mol. The van der Waals surface area contributed by atoms with Gasteiger partial charge in [0.1, 0.15) is 5.75 Å². The Balaban J connectivity index is 2.02. The molecule has 3 aromatic rings. The molecule has 3 rings (SSSR count). The molecule has 0 fully saturated rings. The molecule has 0 aliphatic rings. The topological polar surface area (TPSA) is 100 Å². The number of phenols is 1. The third kappa shape index (κ3) is 2.79. The fourth-order valence-corrected chi connectivity index (χ4v) is 2.48. The van der Waals surface area contributed by atoms with E-state index >= 15 is 0 Å². The second kappa shape index (κ2) is 6.04. The van der Waals surface area contributed by atoms with Crippen molar-refractivity contribution in [3.05, 3.63) is 59.7 Å². The van der Waals surface area contributed by atoms with Gasteiger partial charge in [0, 0.05) is 6.20 Å². The van der Waals surface area contributed by atoms with Crippen LogP contribution in [0.4, 0.5) is 11.4 Å². The number of aromatic nitrogens is 3. The second-order valence-electron chi connectivity index (χ2n) is 5.33. The van der Waals surface area contributed by atoms with Gasteiger partial charge in [0.15, 0.2) is 0 Å². The number of carboxylic acid groups (broad SMARTS) is 1. The van der Waals surface area contributed by atoms with Crippen LogP contribution in [0.3, 0.4) is 0 Å². The van der Waals surface area contributed by atoms with E-state index in [1.807, 2.05) is 13.8 Å². The van der Waals surface area contributed by atoms with E-state index in [0.717, 1.165) is 22.8 Å². The van der Waals surface area contributed by atoms with E-state index in [2.05, 4.69) is 15.4 Å². The number of pyridine rings is 1. The van der Waals surface area contributed by atoms with E-state index in [-0.39, 0.29) is 11.3 Å². The van der Waals surface area contributed by atoms with Gasteiger partial charge in [0.25, 0.3) is 0 Å². The quantitative estimate of drug-likeness (QED) is 0.682. The Morgan fingerprint density at radius 1 is 1.17 bits per heavy atom. The van der Waals surface area contributed by atoms with Crippen LogP contribution in [0.2, 0.25) is 0 Å². The molecule has 0 bridgehead atoms. The Kier molecular flexibility index (Phi) is 3.91. The monoisotopic (exact) mass is 324 g/mol. The summed E-state index contributed by atoms with van der Waals surface area (Å²) >= 11 is 0. The Morgan fingerprint density at radius 3 is 2.54 bits per heavy atom. The molecule has 7 nitrogen and oxygen atoms in total. The molecule has 0 amide bonds. The maximum atomic E-state index is 11.3. The maximum Gasteiger partial charge on any atom is 0.337 e. The molecule has 0 aliphatic heterocycles. The van der Waals surface area contributed by atoms with Crippen molar-refractivity contribution in [3.8, 4) is 11.4 Å². The minimum absolute atomic E-state index is 0.140. The highest BCUT2D eigenvalue weighted by Crippen LogP contribution is 2.28. The van der Waals surface area contributed by atoms with Crippen LogP contribution >= 0.6 is 0 Å². The van der Waals surface area contributed by atoms with Gasteiger partial charge in [-0.3, -0.25) is 4.98 Å². The van der Waals surface area contributed by atoms with Crippen LogP contribution < -0.4 is 5.32 Å². The fraction of sp³-hybridized carbons (Fsp3) is 0.118. The van der Waals surface area contributed by atoms with Crippen LogP contribution in [0.15, 0.2) is 42.7 Å². The number of nitrogens with one attached hydrogen (secondary N) is 1. The molecule has 2 heterocycles. The largest absolute Gasteiger partial charge is 0.508 e. The molecule has 0 saturated heterocycles. The van der Waals surface area contributed by atoms with Gasteiger partial charge in [-0.15, -0.1) is 0 Å². The van der Waals surface area contributed by atoms with E-state index in [9.17, 15) is 15.0 Å². The standard InChI is InChI=1S/C17H16N4O3/c1-10-16(19-15-9-18-8-7-14(15)17(23)24)11(2)21(20-10)12-3-5-13(22)6-4-12/h3-9,19,22H,1-2H3,(H,23,24). The Morgan fingerprint density at radius 2 is 1.88 bits per heavy atom. The third-order valence-electron chi connectivity index (χ3n) is 3.70. The first kappa shape index (κ1) is 15.5. The highest BCUT2D eigenvalue weighted by atomic mass is 16.4. The SMILES string of the molecule is Cc1nn(-c2ccc(O)cc2)c(C)c1Nc1cnccc1C(=O)O. The molecule has 0 spiro atoms. The van der Waals surface area contributed by atoms with Crippen LogP contribution in [0, 0.1) is 13.8 Å². The van der Waals surface area contributed by atoms with Gasteiger partial charge in [0.2, 0.25) is 0 Å². The molecule has 7 heteroatoms. The number of phenolic OH excluding ortho intramolecular Hbond substituents is 1. The number of hydrogen-bond acceptors (Lipinski definition) is 5. The molecule has 2 aromatic heterocycles. The molecule has 0 radical (unpaired) electrons. The smallest absolute Gasteiger partial charge is 0.337 e. The maximum absolute atomic E-state index is 11.3. The Bertz CT molecular complexity index is 901. The summed E-state index contributed by atoms with van der Waals surface area (Å²) in [5, 5.41) is 26.3. The molecular formula is C17H16N4O3. The fourth-order valence-electron chi connectivity index (χ4n) is 2.48. The number of carboxylic acids is 1. The predicted octanol–water partition coefficient (Wildman–Crippen LogP) is 3.03. The number of rotatable bonds is 4. The lowest BCUT2D eigenvalue weighted by molar-refractivity contribution is 0.0698. The van der Waals surface area contributed by atoms with Crippen molar-refractivity contribution in [3.63, 3.8) is 0 Å². The zero-order valence-corrected chi connectivity index (χ0v) is 13.2. The predicted molar refractivity (Wildman–Crippen MR) is 89.2 cm³/mol. The van der Waals surface area contributed by atoms with Crippen LogP contribution in [-0.4, -0.2) is 30.9 Å². The normalized spacial score (nSPS) is 10.6. The van der Waals surface area contributed by atoms with E-state index in [4.69, 9.17) is 0 Å². The molecule has 24 heavy (non-hydrogen) atoms. The second-order valence-corrected chi connectivity index (χ2v) is 5.33. The molecule has 0 aliphatic carbocycles. The van der Waals surface area contributed by atoms with Gasteiger partial charge >= 0.3 is 5.97 Å². The van der Waals surface area contributed by atoms with Crippen molar-refractivity contribution in [2.45, 2.75) is 13.8 Å². The third-order valence-corrected chi connectivity index (χ3v) is 3.70. The number of nitrogens with zero attached hydrogens (tertiary/aromatic N) is 3. The molecule has 3 N–H and O–H groups in total. The van der Waals surface area contributed by atoms with E-state index in [1.165, 1.54) is 18.5 Å².